The monoisotopic (exact) mass is 507 g/mol. The van der Waals surface area contributed by atoms with Crippen LogP contribution in [-0.2, 0) is 14.3 Å². The molecule has 0 aromatic heterocycles. The van der Waals surface area contributed by atoms with Crippen LogP contribution in [0.3, 0.4) is 0 Å². The lowest BCUT2D eigenvalue weighted by Gasteiger charge is -2.49. The molecule has 1 heterocycles. The number of nitrogens with zero attached hydrogens (tertiary/aromatic N) is 1. The first kappa shape index (κ1) is 27.2. The highest BCUT2D eigenvalue weighted by Crippen LogP contribution is 2.54. The van der Waals surface area contributed by atoms with E-state index in [1.54, 1.807) is 13.2 Å². The molecular formula is C31H41NO5. The minimum Gasteiger partial charge on any atom is -0.490 e. The summed E-state index contributed by atoms with van der Waals surface area (Å²) in [5, 5.41) is 0. The summed E-state index contributed by atoms with van der Waals surface area (Å²) in [6.07, 6.45) is 4.17. The lowest BCUT2D eigenvalue weighted by Crippen LogP contribution is -2.45. The quantitative estimate of drug-likeness (QED) is 0.383. The third kappa shape index (κ3) is 5.40. The summed E-state index contributed by atoms with van der Waals surface area (Å²) in [7, 11) is 1.69. The molecule has 0 atom stereocenters. The predicted molar refractivity (Wildman–Crippen MR) is 145 cm³/mol. The summed E-state index contributed by atoms with van der Waals surface area (Å²) in [5.74, 6) is 1.06. The summed E-state index contributed by atoms with van der Waals surface area (Å²) in [6.45, 7) is 16.2. The summed E-state index contributed by atoms with van der Waals surface area (Å²) in [6, 6.07) is 5.81. The van der Waals surface area contributed by atoms with E-state index < -0.39 is 5.92 Å². The number of carbonyl (C=O) groups is 2. The van der Waals surface area contributed by atoms with Gasteiger partial charge in [0.2, 0.25) is 0 Å². The average Bonchev–Trinajstić information content (AvgIpc) is 2.80. The van der Waals surface area contributed by atoms with Crippen molar-refractivity contribution in [1.29, 1.82) is 0 Å². The molecule has 0 radical (unpaired) electrons. The van der Waals surface area contributed by atoms with Crippen LogP contribution in [0.2, 0.25) is 0 Å². The second-order valence-electron chi connectivity index (χ2n) is 11.9. The highest BCUT2D eigenvalue weighted by Gasteiger charge is 2.49. The molecular weight excluding hydrogens is 466 g/mol. The Balaban J connectivity index is 1.95. The van der Waals surface area contributed by atoms with Gasteiger partial charge < -0.3 is 19.1 Å². The van der Waals surface area contributed by atoms with Gasteiger partial charge in [-0.3, -0.25) is 9.59 Å². The molecule has 0 spiro atoms. The number of rotatable bonds is 9. The Morgan fingerprint density at radius 1 is 0.946 bits per heavy atom. The van der Waals surface area contributed by atoms with Crippen molar-refractivity contribution in [3.8, 4) is 11.5 Å². The first-order valence-electron chi connectivity index (χ1n) is 13.3. The molecule has 0 saturated carbocycles. The summed E-state index contributed by atoms with van der Waals surface area (Å²) >= 11 is 0. The van der Waals surface area contributed by atoms with Gasteiger partial charge in [0.25, 0.3) is 0 Å². The fraction of sp³-hybridized carbons (Fsp3) is 0.548. The molecule has 2 aliphatic carbocycles. The van der Waals surface area contributed by atoms with Gasteiger partial charge in [0, 0.05) is 55.0 Å². The topological polar surface area (TPSA) is 65.1 Å². The van der Waals surface area contributed by atoms with E-state index in [9.17, 15) is 9.59 Å². The molecule has 0 N–H and O–H groups in total. The van der Waals surface area contributed by atoms with Crippen LogP contribution in [0.5, 0.6) is 11.5 Å². The molecule has 0 amide bonds. The Kier molecular flexibility index (Phi) is 7.70. The number of Topliss-reactive ketones (excluding diaryl/α,β-unsaturated/α-hetero) is 2. The van der Waals surface area contributed by atoms with Gasteiger partial charge in [-0.15, -0.1) is 0 Å². The first-order chi connectivity index (χ1) is 17.5. The van der Waals surface area contributed by atoms with Gasteiger partial charge in [-0.2, -0.15) is 0 Å². The first-order valence-corrected chi connectivity index (χ1v) is 13.3. The van der Waals surface area contributed by atoms with E-state index in [0.29, 0.717) is 50.7 Å². The fourth-order valence-electron chi connectivity index (χ4n) is 6.07. The van der Waals surface area contributed by atoms with E-state index in [2.05, 4.69) is 39.2 Å². The Morgan fingerprint density at radius 2 is 1.54 bits per heavy atom. The molecule has 200 valence electrons. The highest BCUT2D eigenvalue weighted by molar-refractivity contribution is 6.06. The maximum atomic E-state index is 13.9. The fourth-order valence-corrected chi connectivity index (χ4v) is 6.07. The average molecular weight is 508 g/mol. The molecule has 0 fully saturated rings. The molecule has 3 aliphatic rings. The SMILES string of the molecule is C=CCOc1ccc(C2C3=C(CC(C)(C)CC3=O)N(CCOC)C3=C2C(=O)CC(C)(C)C3)cc1OCC. The van der Waals surface area contributed by atoms with Crippen LogP contribution in [-0.4, -0.2) is 49.9 Å². The van der Waals surface area contributed by atoms with Crippen LogP contribution < -0.4 is 9.47 Å². The van der Waals surface area contributed by atoms with Gasteiger partial charge in [-0.1, -0.05) is 46.4 Å². The number of benzene rings is 1. The van der Waals surface area contributed by atoms with Crippen molar-refractivity contribution in [3.63, 3.8) is 0 Å². The number of carbonyl (C=O) groups excluding carboxylic acids is 2. The van der Waals surface area contributed by atoms with E-state index in [0.717, 1.165) is 40.9 Å². The van der Waals surface area contributed by atoms with Gasteiger partial charge in [-0.25, -0.2) is 0 Å². The molecule has 0 saturated heterocycles. The van der Waals surface area contributed by atoms with Crippen molar-refractivity contribution in [2.75, 3.05) is 33.5 Å². The summed E-state index contributed by atoms with van der Waals surface area (Å²) in [5.41, 5.74) is 4.17. The van der Waals surface area contributed by atoms with Crippen molar-refractivity contribution in [1.82, 2.24) is 4.90 Å². The minimum atomic E-state index is -0.413. The predicted octanol–water partition coefficient (Wildman–Crippen LogP) is 5.98. The number of allylic oxidation sites excluding steroid dienone is 4. The van der Waals surface area contributed by atoms with Crippen molar-refractivity contribution in [3.05, 3.63) is 59.0 Å². The van der Waals surface area contributed by atoms with Crippen LogP contribution in [0, 0.1) is 10.8 Å². The number of hydrogen-bond acceptors (Lipinski definition) is 6. The molecule has 6 heteroatoms. The highest BCUT2D eigenvalue weighted by atomic mass is 16.5. The molecule has 0 unspecified atom stereocenters. The molecule has 1 aromatic carbocycles. The molecule has 6 nitrogen and oxygen atoms in total. The van der Waals surface area contributed by atoms with Gasteiger partial charge in [0.1, 0.15) is 6.61 Å². The van der Waals surface area contributed by atoms with Crippen LogP contribution in [0.1, 0.15) is 71.8 Å². The lowest BCUT2D eigenvalue weighted by molar-refractivity contribution is -0.119. The van der Waals surface area contributed by atoms with Gasteiger partial charge >= 0.3 is 0 Å². The number of methoxy groups -OCH3 is 1. The van der Waals surface area contributed by atoms with E-state index in [4.69, 9.17) is 14.2 Å². The van der Waals surface area contributed by atoms with E-state index >= 15 is 0 Å². The van der Waals surface area contributed by atoms with Crippen molar-refractivity contribution < 1.29 is 23.8 Å². The van der Waals surface area contributed by atoms with Crippen molar-refractivity contribution >= 4 is 11.6 Å². The summed E-state index contributed by atoms with van der Waals surface area (Å²) in [4.78, 5) is 30.0. The second kappa shape index (κ2) is 10.5. The Bertz CT molecular complexity index is 1100. The Labute approximate surface area is 221 Å². The van der Waals surface area contributed by atoms with E-state index in [1.165, 1.54) is 0 Å². The van der Waals surface area contributed by atoms with E-state index in [-0.39, 0.29) is 22.4 Å². The van der Waals surface area contributed by atoms with Crippen molar-refractivity contribution in [2.45, 2.75) is 66.2 Å². The number of hydrogen-bond donors (Lipinski definition) is 0. The molecule has 37 heavy (non-hydrogen) atoms. The minimum absolute atomic E-state index is 0.118. The third-order valence-electron chi connectivity index (χ3n) is 7.50. The summed E-state index contributed by atoms with van der Waals surface area (Å²) < 4.78 is 17.2. The zero-order chi connectivity index (χ0) is 27.0. The van der Waals surface area contributed by atoms with Crippen LogP contribution in [0.25, 0.3) is 0 Å². The third-order valence-corrected chi connectivity index (χ3v) is 7.50. The lowest BCUT2D eigenvalue weighted by atomic mass is 9.63. The molecule has 1 aliphatic heterocycles. The number of ketones is 2. The largest absolute Gasteiger partial charge is 0.490 e. The number of ether oxygens (including phenoxy) is 3. The van der Waals surface area contributed by atoms with Crippen LogP contribution in [0.4, 0.5) is 0 Å². The molecule has 4 rings (SSSR count). The van der Waals surface area contributed by atoms with Gasteiger partial charge in [-0.05, 0) is 48.3 Å². The van der Waals surface area contributed by atoms with Crippen molar-refractivity contribution in [2.24, 2.45) is 10.8 Å². The zero-order valence-electron chi connectivity index (χ0n) is 23.2. The molecule has 0 bridgehead atoms. The Morgan fingerprint density at radius 3 is 2.05 bits per heavy atom. The van der Waals surface area contributed by atoms with Gasteiger partial charge in [0.15, 0.2) is 23.1 Å². The maximum Gasteiger partial charge on any atom is 0.162 e. The smallest absolute Gasteiger partial charge is 0.162 e. The zero-order valence-corrected chi connectivity index (χ0v) is 23.2. The maximum absolute atomic E-state index is 13.9. The second-order valence-corrected chi connectivity index (χ2v) is 11.9. The van der Waals surface area contributed by atoms with Gasteiger partial charge in [0.05, 0.1) is 13.2 Å². The van der Waals surface area contributed by atoms with E-state index in [1.807, 2.05) is 25.1 Å². The Hall–Kier alpha value is -2.86. The van der Waals surface area contributed by atoms with Crippen LogP contribution in [0.15, 0.2) is 53.4 Å². The standard InChI is InChI=1S/C31H41NO5/c1-8-13-37-25-11-10-20(15-26(25)36-9-2)27-28-21(16-30(3,4)18-23(28)33)32(12-14-35-7)22-17-31(5,6)19-24(34)29(22)27/h8,10-11,15,27H,1,9,12-14,16-19H2,2-7H3. The molecule has 1 aromatic rings. The van der Waals surface area contributed by atoms with Crippen LogP contribution >= 0.6 is 0 Å². The normalized spacial score (nSPS) is 21.1.